The first-order valence-electron chi connectivity index (χ1n) is 9.73. The summed E-state index contributed by atoms with van der Waals surface area (Å²) in [7, 11) is 1.31. The molecule has 4 aromatic heterocycles. The number of ether oxygens (including phenoxy) is 1. The van der Waals surface area contributed by atoms with Gasteiger partial charge in [0.2, 0.25) is 0 Å². The summed E-state index contributed by atoms with van der Waals surface area (Å²) >= 11 is 1.21. The zero-order chi connectivity index (χ0) is 22.3. The minimum atomic E-state index is -0.497. The first-order chi connectivity index (χ1) is 14.8. The van der Waals surface area contributed by atoms with E-state index in [1.165, 1.54) is 18.4 Å². The quantitative estimate of drug-likeness (QED) is 0.441. The second-order valence-electron chi connectivity index (χ2n) is 7.41. The molecular formula is C22H22N4O4S. The molecular weight excluding hydrogens is 416 g/mol. The Kier molecular flexibility index (Phi) is 5.36. The number of methoxy groups -OCH3 is 1. The molecule has 0 bridgehead atoms. The zero-order valence-electron chi connectivity index (χ0n) is 17.8. The van der Waals surface area contributed by atoms with Crippen LogP contribution in [0.4, 0.5) is 5.69 Å². The maximum Gasteiger partial charge on any atom is 0.350 e. The number of thiophene rings is 1. The van der Waals surface area contributed by atoms with Gasteiger partial charge in [-0.05, 0) is 51.3 Å². The van der Waals surface area contributed by atoms with E-state index in [9.17, 15) is 9.59 Å². The summed E-state index contributed by atoms with van der Waals surface area (Å²) in [6, 6.07) is 5.36. The number of carbonyl (C=O) groups is 2. The van der Waals surface area contributed by atoms with Gasteiger partial charge < -0.3 is 14.5 Å². The maximum atomic E-state index is 13.3. The van der Waals surface area contributed by atoms with Crippen molar-refractivity contribution in [2.24, 2.45) is 0 Å². The summed E-state index contributed by atoms with van der Waals surface area (Å²) in [6.07, 6.45) is 1.64. The molecule has 4 rings (SSSR count). The molecule has 0 saturated heterocycles. The molecule has 31 heavy (non-hydrogen) atoms. The Hall–Kier alpha value is -3.46. The van der Waals surface area contributed by atoms with Gasteiger partial charge in [-0.2, -0.15) is 5.10 Å². The van der Waals surface area contributed by atoms with Crippen LogP contribution in [0.25, 0.3) is 22.3 Å². The van der Waals surface area contributed by atoms with Crippen molar-refractivity contribution < 1.29 is 18.7 Å². The predicted octanol–water partition coefficient (Wildman–Crippen LogP) is 4.99. The molecule has 0 fully saturated rings. The third kappa shape index (κ3) is 3.72. The van der Waals surface area contributed by atoms with E-state index in [4.69, 9.17) is 14.1 Å². The molecule has 0 aromatic carbocycles. The fourth-order valence-corrected chi connectivity index (χ4v) is 4.22. The van der Waals surface area contributed by atoms with Crippen LogP contribution in [0.1, 0.15) is 51.4 Å². The number of rotatable bonds is 5. The lowest BCUT2D eigenvalue weighted by molar-refractivity contribution is 0.0607. The fourth-order valence-electron chi connectivity index (χ4n) is 3.46. The molecule has 0 saturated carbocycles. The molecule has 4 aromatic rings. The summed E-state index contributed by atoms with van der Waals surface area (Å²) in [5.41, 5.74) is 2.85. The van der Waals surface area contributed by atoms with E-state index in [0.717, 1.165) is 17.1 Å². The number of furan rings is 1. The van der Waals surface area contributed by atoms with Crippen LogP contribution in [0.2, 0.25) is 0 Å². The van der Waals surface area contributed by atoms with Crippen LogP contribution in [-0.4, -0.2) is 33.8 Å². The number of aromatic nitrogens is 3. The Bertz CT molecular complexity index is 1300. The van der Waals surface area contributed by atoms with Gasteiger partial charge in [-0.3, -0.25) is 4.79 Å². The smallest absolute Gasteiger partial charge is 0.350 e. The minimum Gasteiger partial charge on any atom is -0.466 e. The highest BCUT2D eigenvalue weighted by atomic mass is 32.1. The second kappa shape index (κ2) is 7.99. The Balaban J connectivity index is 1.85. The van der Waals surface area contributed by atoms with Crippen molar-refractivity contribution in [2.45, 2.75) is 33.7 Å². The number of nitrogens with one attached hydrogen (secondary N) is 1. The van der Waals surface area contributed by atoms with Crippen molar-refractivity contribution in [3.05, 3.63) is 51.7 Å². The molecule has 160 valence electrons. The molecule has 0 aliphatic rings. The number of hydrogen-bond acceptors (Lipinski definition) is 7. The second-order valence-corrected chi connectivity index (χ2v) is 8.33. The molecule has 9 heteroatoms. The molecule has 1 amide bonds. The van der Waals surface area contributed by atoms with Crippen LogP contribution in [-0.2, 0) is 4.74 Å². The molecule has 0 unspecified atom stereocenters. The SMILES string of the molecule is COC(=O)c1sccc1NC(=O)c1cc(-c2cc(C)oc2C)nc2c1cnn2C(C)C. The number of pyridine rings is 1. The van der Waals surface area contributed by atoms with Gasteiger partial charge in [-0.1, -0.05) is 0 Å². The first-order valence-corrected chi connectivity index (χ1v) is 10.6. The number of carbonyl (C=O) groups excluding carboxylic acids is 2. The minimum absolute atomic E-state index is 0.0612. The summed E-state index contributed by atoms with van der Waals surface area (Å²) < 4.78 is 12.2. The zero-order valence-corrected chi connectivity index (χ0v) is 18.7. The summed E-state index contributed by atoms with van der Waals surface area (Å²) in [5, 5.41) is 9.62. The lowest BCUT2D eigenvalue weighted by atomic mass is 10.1. The van der Waals surface area contributed by atoms with Crippen LogP contribution >= 0.6 is 11.3 Å². The van der Waals surface area contributed by atoms with E-state index in [0.29, 0.717) is 32.9 Å². The topological polar surface area (TPSA) is 99.2 Å². The normalized spacial score (nSPS) is 11.3. The van der Waals surface area contributed by atoms with E-state index in [1.54, 1.807) is 28.4 Å². The van der Waals surface area contributed by atoms with Crippen molar-refractivity contribution in [3.8, 4) is 11.3 Å². The molecule has 8 nitrogen and oxygen atoms in total. The van der Waals surface area contributed by atoms with Gasteiger partial charge in [-0.15, -0.1) is 11.3 Å². The van der Waals surface area contributed by atoms with Gasteiger partial charge in [0, 0.05) is 11.6 Å². The standard InChI is InChI=1S/C22H22N4O4S/c1-11(2)26-20-16(10-23-26)15(9-18(24-20)14-8-12(3)30-13(14)4)21(27)25-17-6-7-31-19(17)22(28)29-5/h6-11H,1-5H3,(H,25,27). The van der Waals surface area contributed by atoms with E-state index >= 15 is 0 Å². The summed E-state index contributed by atoms with van der Waals surface area (Å²) in [6.45, 7) is 7.73. The molecule has 0 aliphatic heterocycles. The molecule has 0 atom stereocenters. The average Bonchev–Trinajstić information content (AvgIpc) is 3.44. The van der Waals surface area contributed by atoms with Crippen LogP contribution < -0.4 is 5.32 Å². The highest BCUT2D eigenvalue weighted by Gasteiger charge is 2.22. The lowest BCUT2D eigenvalue weighted by Gasteiger charge is -2.11. The predicted molar refractivity (Wildman–Crippen MR) is 119 cm³/mol. The Morgan fingerprint density at radius 2 is 2.03 bits per heavy atom. The maximum absolute atomic E-state index is 13.3. The van der Waals surface area contributed by atoms with Crippen molar-refractivity contribution in [1.82, 2.24) is 14.8 Å². The van der Waals surface area contributed by atoms with Crippen molar-refractivity contribution in [3.63, 3.8) is 0 Å². The Morgan fingerprint density at radius 1 is 1.26 bits per heavy atom. The number of esters is 1. The van der Waals surface area contributed by atoms with Crippen LogP contribution in [0.5, 0.6) is 0 Å². The largest absolute Gasteiger partial charge is 0.466 e. The average molecular weight is 439 g/mol. The van der Waals surface area contributed by atoms with Gasteiger partial charge in [0.1, 0.15) is 16.4 Å². The van der Waals surface area contributed by atoms with Crippen molar-refractivity contribution in [1.29, 1.82) is 0 Å². The van der Waals surface area contributed by atoms with E-state index < -0.39 is 5.97 Å². The first kappa shape index (κ1) is 20.8. The highest BCUT2D eigenvalue weighted by Crippen LogP contribution is 2.31. The fraction of sp³-hybridized carbons (Fsp3) is 0.273. The number of amides is 1. The van der Waals surface area contributed by atoms with E-state index in [-0.39, 0.29) is 11.9 Å². The van der Waals surface area contributed by atoms with Gasteiger partial charge >= 0.3 is 5.97 Å². The molecule has 0 spiro atoms. The molecule has 4 heterocycles. The van der Waals surface area contributed by atoms with Gasteiger partial charge in [0.05, 0.1) is 35.6 Å². The van der Waals surface area contributed by atoms with Crippen LogP contribution in [0.3, 0.4) is 0 Å². The summed E-state index contributed by atoms with van der Waals surface area (Å²) in [4.78, 5) is 30.4. The number of fused-ring (bicyclic) bond motifs is 1. The third-order valence-corrected chi connectivity index (χ3v) is 5.80. The lowest BCUT2D eigenvalue weighted by Crippen LogP contribution is -2.15. The third-order valence-electron chi connectivity index (χ3n) is 4.90. The summed E-state index contributed by atoms with van der Waals surface area (Å²) in [5.74, 6) is 0.622. The molecule has 0 radical (unpaired) electrons. The van der Waals surface area contributed by atoms with Crippen LogP contribution in [0.15, 0.2) is 34.2 Å². The Labute approximate surface area is 182 Å². The van der Waals surface area contributed by atoms with Crippen molar-refractivity contribution in [2.75, 3.05) is 12.4 Å². The highest BCUT2D eigenvalue weighted by molar-refractivity contribution is 7.12. The van der Waals surface area contributed by atoms with E-state index in [2.05, 4.69) is 10.4 Å². The number of aryl methyl sites for hydroxylation is 2. The Morgan fingerprint density at radius 3 is 2.68 bits per heavy atom. The number of nitrogens with zero attached hydrogens (tertiary/aromatic N) is 3. The van der Waals surface area contributed by atoms with Crippen LogP contribution in [0, 0.1) is 13.8 Å². The van der Waals surface area contributed by atoms with Gasteiger partial charge in [-0.25, -0.2) is 14.5 Å². The molecule has 1 N–H and O–H groups in total. The van der Waals surface area contributed by atoms with Crippen molar-refractivity contribution >= 4 is 39.9 Å². The van der Waals surface area contributed by atoms with E-state index in [1.807, 2.05) is 33.8 Å². The monoisotopic (exact) mass is 438 g/mol. The molecule has 0 aliphatic carbocycles. The van der Waals surface area contributed by atoms with Gasteiger partial charge in [0.15, 0.2) is 5.65 Å². The van der Waals surface area contributed by atoms with Gasteiger partial charge in [0.25, 0.3) is 5.91 Å². The number of hydrogen-bond donors (Lipinski definition) is 1. The number of anilines is 1.